The molecule has 2 N–H and O–H groups in total. The molecule has 1 aromatic carbocycles. The van der Waals surface area contributed by atoms with E-state index in [2.05, 4.69) is 22.4 Å². The summed E-state index contributed by atoms with van der Waals surface area (Å²) in [4.78, 5) is 5.71. The Morgan fingerprint density at radius 3 is 2.58 bits per heavy atom. The SMILES string of the molecule is Cc1nc(C)c(CN[C@H](CCO)c2ccccc2)s1. The van der Waals surface area contributed by atoms with Crippen LogP contribution in [0.5, 0.6) is 0 Å². The molecular formula is C15H20N2OS. The number of benzene rings is 1. The topological polar surface area (TPSA) is 45.2 Å². The minimum atomic E-state index is 0.188. The molecule has 0 aliphatic carbocycles. The Bertz CT molecular complexity index is 510. The number of aliphatic hydroxyl groups excluding tert-OH is 1. The summed E-state index contributed by atoms with van der Waals surface area (Å²) >= 11 is 1.73. The molecule has 0 spiro atoms. The summed E-state index contributed by atoms with van der Waals surface area (Å²) in [5.74, 6) is 0. The number of nitrogens with zero attached hydrogens (tertiary/aromatic N) is 1. The van der Waals surface area contributed by atoms with Gasteiger partial charge in [-0.05, 0) is 25.8 Å². The Hall–Kier alpha value is -1.23. The molecule has 0 aliphatic heterocycles. The Kier molecular flexibility index (Phi) is 5.07. The summed E-state index contributed by atoms with van der Waals surface area (Å²) in [5.41, 5.74) is 2.32. The van der Waals surface area contributed by atoms with E-state index in [1.165, 1.54) is 10.4 Å². The number of aryl methyl sites for hydroxylation is 2. The highest BCUT2D eigenvalue weighted by Crippen LogP contribution is 2.20. The zero-order chi connectivity index (χ0) is 13.7. The van der Waals surface area contributed by atoms with Crippen LogP contribution in [0.25, 0.3) is 0 Å². The van der Waals surface area contributed by atoms with Crippen molar-refractivity contribution in [3.8, 4) is 0 Å². The molecule has 0 radical (unpaired) electrons. The molecule has 1 heterocycles. The van der Waals surface area contributed by atoms with Crippen molar-refractivity contribution in [2.75, 3.05) is 6.61 Å². The maximum absolute atomic E-state index is 9.20. The van der Waals surface area contributed by atoms with Gasteiger partial charge in [0.2, 0.25) is 0 Å². The number of hydrogen-bond donors (Lipinski definition) is 2. The average molecular weight is 276 g/mol. The fraction of sp³-hybridized carbons (Fsp3) is 0.400. The number of aliphatic hydroxyl groups is 1. The third kappa shape index (κ3) is 3.86. The molecule has 3 nitrogen and oxygen atoms in total. The van der Waals surface area contributed by atoms with Crippen molar-refractivity contribution >= 4 is 11.3 Å². The number of rotatable bonds is 6. The molecule has 0 saturated heterocycles. The van der Waals surface area contributed by atoms with Gasteiger partial charge in [-0.2, -0.15) is 0 Å². The lowest BCUT2D eigenvalue weighted by molar-refractivity contribution is 0.265. The Labute approximate surface area is 118 Å². The first-order chi connectivity index (χ1) is 9.20. The van der Waals surface area contributed by atoms with E-state index in [4.69, 9.17) is 0 Å². The van der Waals surface area contributed by atoms with Gasteiger partial charge in [0.1, 0.15) is 0 Å². The van der Waals surface area contributed by atoms with E-state index in [0.717, 1.165) is 23.7 Å². The van der Waals surface area contributed by atoms with Crippen LogP contribution in [0, 0.1) is 13.8 Å². The lowest BCUT2D eigenvalue weighted by atomic mass is 10.0. The summed E-state index contributed by atoms with van der Waals surface area (Å²) in [6, 6.07) is 10.5. The van der Waals surface area contributed by atoms with Crippen molar-refractivity contribution in [3.05, 3.63) is 51.5 Å². The third-order valence-corrected chi connectivity index (χ3v) is 4.20. The first-order valence-electron chi connectivity index (χ1n) is 6.53. The molecule has 102 valence electrons. The van der Waals surface area contributed by atoms with Gasteiger partial charge in [0.15, 0.2) is 0 Å². The predicted octanol–water partition coefficient (Wildman–Crippen LogP) is 2.97. The zero-order valence-electron chi connectivity index (χ0n) is 11.4. The second-order valence-electron chi connectivity index (χ2n) is 4.60. The van der Waals surface area contributed by atoms with Gasteiger partial charge in [0, 0.05) is 24.1 Å². The van der Waals surface area contributed by atoms with E-state index < -0.39 is 0 Å². The van der Waals surface area contributed by atoms with Gasteiger partial charge in [-0.1, -0.05) is 30.3 Å². The van der Waals surface area contributed by atoms with Gasteiger partial charge in [-0.15, -0.1) is 11.3 Å². The van der Waals surface area contributed by atoms with E-state index in [0.29, 0.717) is 0 Å². The Morgan fingerprint density at radius 1 is 1.26 bits per heavy atom. The molecule has 19 heavy (non-hydrogen) atoms. The highest BCUT2D eigenvalue weighted by Gasteiger charge is 2.12. The van der Waals surface area contributed by atoms with Crippen LogP contribution in [0.3, 0.4) is 0 Å². The van der Waals surface area contributed by atoms with Gasteiger partial charge in [-0.3, -0.25) is 0 Å². The molecule has 0 fully saturated rings. The number of aromatic nitrogens is 1. The van der Waals surface area contributed by atoms with Crippen molar-refractivity contribution < 1.29 is 5.11 Å². The fourth-order valence-corrected chi connectivity index (χ4v) is 3.04. The Balaban J connectivity index is 2.03. The van der Waals surface area contributed by atoms with Crippen molar-refractivity contribution in [2.24, 2.45) is 0 Å². The molecule has 2 aromatic rings. The van der Waals surface area contributed by atoms with Crippen molar-refractivity contribution in [1.29, 1.82) is 0 Å². The summed E-state index contributed by atoms with van der Waals surface area (Å²) < 4.78 is 0. The smallest absolute Gasteiger partial charge is 0.0900 e. The van der Waals surface area contributed by atoms with E-state index >= 15 is 0 Å². The second-order valence-corrected chi connectivity index (χ2v) is 5.89. The normalized spacial score (nSPS) is 12.6. The summed E-state index contributed by atoms with van der Waals surface area (Å²) in [7, 11) is 0. The number of hydrogen-bond acceptors (Lipinski definition) is 4. The van der Waals surface area contributed by atoms with Gasteiger partial charge in [-0.25, -0.2) is 4.98 Å². The van der Waals surface area contributed by atoms with E-state index in [1.807, 2.05) is 32.0 Å². The lowest BCUT2D eigenvalue weighted by Gasteiger charge is -2.18. The maximum atomic E-state index is 9.20. The average Bonchev–Trinajstić information content (AvgIpc) is 2.74. The molecule has 4 heteroatoms. The molecule has 0 unspecified atom stereocenters. The maximum Gasteiger partial charge on any atom is 0.0900 e. The van der Waals surface area contributed by atoms with Gasteiger partial charge >= 0.3 is 0 Å². The molecular weight excluding hydrogens is 256 g/mol. The second kappa shape index (κ2) is 6.80. The monoisotopic (exact) mass is 276 g/mol. The fourth-order valence-electron chi connectivity index (χ4n) is 2.15. The standard InChI is InChI=1S/C15H20N2OS/c1-11-15(19-12(2)17-11)10-16-14(8-9-18)13-6-4-3-5-7-13/h3-7,14,16,18H,8-10H2,1-2H3/t14-/m1/s1. The van der Waals surface area contributed by atoms with E-state index in [-0.39, 0.29) is 12.6 Å². The van der Waals surface area contributed by atoms with Crippen LogP contribution in [-0.2, 0) is 6.54 Å². The summed E-state index contributed by atoms with van der Waals surface area (Å²) in [6.07, 6.45) is 0.723. The first-order valence-corrected chi connectivity index (χ1v) is 7.34. The van der Waals surface area contributed by atoms with Crippen molar-refractivity contribution in [1.82, 2.24) is 10.3 Å². The van der Waals surface area contributed by atoms with Crippen LogP contribution in [0.2, 0.25) is 0 Å². The van der Waals surface area contributed by atoms with Crippen molar-refractivity contribution in [2.45, 2.75) is 32.9 Å². The van der Waals surface area contributed by atoms with Gasteiger partial charge in [0.05, 0.1) is 10.7 Å². The van der Waals surface area contributed by atoms with Crippen LogP contribution in [0.15, 0.2) is 30.3 Å². The molecule has 1 atom stereocenters. The van der Waals surface area contributed by atoms with E-state index in [1.54, 1.807) is 11.3 Å². The molecule has 0 amide bonds. The number of nitrogens with one attached hydrogen (secondary N) is 1. The lowest BCUT2D eigenvalue weighted by Crippen LogP contribution is -2.21. The minimum absolute atomic E-state index is 0.188. The number of thiazole rings is 1. The Morgan fingerprint density at radius 2 is 2.00 bits per heavy atom. The van der Waals surface area contributed by atoms with Crippen LogP contribution >= 0.6 is 11.3 Å². The highest BCUT2D eigenvalue weighted by molar-refractivity contribution is 7.11. The molecule has 0 saturated carbocycles. The van der Waals surface area contributed by atoms with Gasteiger partial charge in [0.25, 0.3) is 0 Å². The van der Waals surface area contributed by atoms with E-state index in [9.17, 15) is 5.11 Å². The van der Waals surface area contributed by atoms with Crippen LogP contribution in [0.4, 0.5) is 0 Å². The van der Waals surface area contributed by atoms with Crippen LogP contribution in [-0.4, -0.2) is 16.7 Å². The minimum Gasteiger partial charge on any atom is -0.396 e. The predicted molar refractivity (Wildman–Crippen MR) is 79.3 cm³/mol. The summed E-state index contributed by atoms with van der Waals surface area (Å²) in [6.45, 7) is 5.07. The quantitative estimate of drug-likeness (QED) is 0.852. The molecule has 2 rings (SSSR count). The van der Waals surface area contributed by atoms with Crippen molar-refractivity contribution in [3.63, 3.8) is 0 Å². The van der Waals surface area contributed by atoms with Crippen LogP contribution < -0.4 is 5.32 Å². The summed E-state index contributed by atoms with van der Waals surface area (Å²) in [5, 5.41) is 13.8. The molecule has 0 bridgehead atoms. The van der Waals surface area contributed by atoms with Crippen LogP contribution in [0.1, 0.15) is 33.6 Å². The third-order valence-electron chi connectivity index (χ3n) is 3.13. The largest absolute Gasteiger partial charge is 0.396 e. The zero-order valence-corrected chi connectivity index (χ0v) is 12.2. The highest BCUT2D eigenvalue weighted by atomic mass is 32.1. The molecule has 0 aliphatic rings. The molecule has 1 aromatic heterocycles. The van der Waals surface area contributed by atoms with Gasteiger partial charge < -0.3 is 10.4 Å². The first kappa shape index (κ1) is 14.2.